The number of amides is 1. The molecule has 3 atom stereocenters. The lowest BCUT2D eigenvalue weighted by atomic mass is 9.95. The molecule has 7 heteroatoms. The van der Waals surface area contributed by atoms with Gasteiger partial charge in [0.1, 0.15) is 6.04 Å². The van der Waals surface area contributed by atoms with Gasteiger partial charge in [-0.05, 0) is 44.7 Å². The van der Waals surface area contributed by atoms with E-state index < -0.39 is 16.1 Å². The van der Waals surface area contributed by atoms with Crippen molar-refractivity contribution in [3.63, 3.8) is 0 Å². The van der Waals surface area contributed by atoms with Gasteiger partial charge in [-0.2, -0.15) is 4.31 Å². The van der Waals surface area contributed by atoms with Crippen molar-refractivity contribution in [3.05, 3.63) is 0 Å². The van der Waals surface area contributed by atoms with Crippen LogP contribution in [0.25, 0.3) is 0 Å². The van der Waals surface area contributed by atoms with Gasteiger partial charge in [0.15, 0.2) is 0 Å². The van der Waals surface area contributed by atoms with Crippen molar-refractivity contribution in [2.24, 2.45) is 5.92 Å². The van der Waals surface area contributed by atoms with E-state index in [4.69, 9.17) is 0 Å². The van der Waals surface area contributed by atoms with Crippen LogP contribution in [0.2, 0.25) is 0 Å². The van der Waals surface area contributed by atoms with E-state index in [1.54, 1.807) is 0 Å². The van der Waals surface area contributed by atoms with Crippen LogP contribution < -0.4 is 10.6 Å². The van der Waals surface area contributed by atoms with Crippen LogP contribution >= 0.6 is 0 Å². The maximum absolute atomic E-state index is 12.6. The van der Waals surface area contributed by atoms with Crippen LogP contribution in [0.1, 0.15) is 46.0 Å². The number of piperidine rings is 1. The van der Waals surface area contributed by atoms with Gasteiger partial charge in [-0.1, -0.05) is 20.3 Å². The molecule has 0 radical (unpaired) electrons. The van der Waals surface area contributed by atoms with E-state index in [-0.39, 0.29) is 17.7 Å². The second kappa shape index (κ2) is 7.75. The van der Waals surface area contributed by atoms with Crippen LogP contribution in [-0.4, -0.2) is 56.1 Å². The smallest absolute Gasteiger partial charge is 0.238 e. The Labute approximate surface area is 134 Å². The lowest BCUT2D eigenvalue weighted by molar-refractivity contribution is -0.125. The Balaban J connectivity index is 1.98. The van der Waals surface area contributed by atoms with Gasteiger partial charge in [0, 0.05) is 12.6 Å². The molecule has 0 aromatic heterocycles. The van der Waals surface area contributed by atoms with E-state index >= 15 is 0 Å². The number of nitrogens with one attached hydrogen (secondary N) is 2. The Morgan fingerprint density at radius 3 is 2.82 bits per heavy atom. The average Bonchev–Trinajstić information content (AvgIpc) is 2.98. The van der Waals surface area contributed by atoms with Crippen molar-refractivity contribution >= 4 is 15.9 Å². The van der Waals surface area contributed by atoms with Crippen LogP contribution in [0, 0.1) is 5.92 Å². The van der Waals surface area contributed by atoms with Crippen molar-refractivity contribution in [1.29, 1.82) is 0 Å². The van der Waals surface area contributed by atoms with Gasteiger partial charge in [-0.3, -0.25) is 4.79 Å². The van der Waals surface area contributed by atoms with Crippen molar-refractivity contribution in [1.82, 2.24) is 14.9 Å². The molecule has 2 aliphatic heterocycles. The van der Waals surface area contributed by atoms with Crippen LogP contribution in [0.3, 0.4) is 0 Å². The van der Waals surface area contributed by atoms with Gasteiger partial charge in [0.2, 0.25) is 15.9 Å². The summed E-state index contributed by atoms with van der Waals surface area (Å²) in [5.74, 6) is 0.414. The fourth-order valence-corrected chi connectivity index (χ4v) is 5.17. The summed E-state index contributed by atoms with van der Waals surface area (Å²) in [5.41, 5.74) is 0. The first kappa shape index (κ1) is 17.7. The van der Waals surface area contributed by atoms with Crippen molar-refractivity contribution in [2.75, 3.05) is 25.4 Å². The Kier molecular flexibility index (Phi) is 6.23. The number of unbranched alkanes of at least 4 members (excludes halogenated alkanes) is 1. The zero-order valence-corrected chi connectivity index (χ0v) is 14.5. The molecule has 1 amide bonds. The first-order chi connectivity index (χ1) is 10.5. The normalized spacial score (nSPS) is 30.4. The van der Waals surface area contributed by atoms with Crippen LogP contribution in [0.4, 0.5) is 0 Å². The van der Waals surface area contributed by atoms with Crippen molar-refractivity contribution in [2.45, 2.75) is 58.0 Å². The van der Waals surface area contributed by atoms with Gasteiger partial charge in [0.05, 0.1) is 5.75 Å². The molecule has 128 valence electrons. The van der Waals surface area contributed by atoms with Gasteiger partial charge < -0.3 is 10.6 Å². The second-order valence-electron chi connectivity index (χ2n) is 6.52. The Morgan fingerprint density at radius 2 is 2.14 bits per heavy atom. The number of hydrogen-bond acceptors (Lipinski definition) is 4. The number of nitrogens with zero attached hydrogens (tertiary/aromatic N) is 1. The van der Waals surface area contributed by atoms with E-state index in [0.717, 1.165) is 32.4 Å². The molecule has 0 spiro atoms. The van der Waals surface area contributed by atoms with E-state index in [0.29, 0.717) is 25.3 Å². The van der Waals surface area contributed by atoms with Gasteiger partial charge in [-0.25, -0.2) is 8.42 Å². The highest BCUT2D eigenvalue weighted by Gasteiger charge is 2.39. The quantitative estimate of drug-likeness (QED) is 0.751. The van der Waals surface area contributed by atoms with E-state index in [1.807, 2.05) is 6.92 Å². The summed E-state index contributed by atoms with van der Waals surface area (Å²) in [6, 6.07) is -0.363. The molecule has 0 aliphatic carbocycles. The van der Waals surface area contributed by atoms with E-state index in [2.05, 4.69) is 17.6 Å². The monoisotopic (exact) mass is 331 g/mol. The average molecular weight is 331 g/mol. The van der Waals surface area contributed by atoms with E-state index in [9.17, 15) is 13.2 Å². The molecule has 2 rings (SSSR count). The SMILES string of the molecule is CCCCS(=O)(=O)N1CCCC1C(=O)NC1CCNCC1C. The summed E-state index contributed by atoms with van der Waals surface area (Å²) in [6.45, 7) is 6.36. The van der Waals surface area contributed by atoms with Crippen molar-refractivity contribution < 1.29 is 13.2 Å². The van der Waals surface area contributed by atoms with Gasteiger partial charge in [-0.15, -0.1) is 0 Å². The highest BCUT2D eigenvalue weighted by atomic mass is 32.2. The highest BCUT2D eigenvalue weighted by Crippen LogP contribution is 2.23. The van der Waals surface area contributed by atoms with Gasteiger partial charge in [0.25, 0.3) is 0 Å². The summed E-state index contributed by atoms with van der Waals surface area (Å²) in [5, 5.41) is 6.39. The topological polar surface area (TPSA) is 78.5 Å². The summed E-state index contributed by atoms with van der Waals surface area (Å²) in [6.07, 6.45) is 3.80. The Morgan fingerprint density at radius 1 is 1.36 bits per heavy atom. The third-order valence-electron chi connectivity index (χ3n) is 4.73. The molecule has 2 aliphatic rings. The summed E-state index contributed by atoms with van der Waals surface area (Å²) in [4.78, 5) is 12.6. The molecule has 0 aromatic rings. The summed E-state index contributed by atoms with van der Waals surface area (Å²) in [7, 11) is -3.31. The minimum Gasteiger partial charge on any atom is -0.352 e. The predicted octanol–water partition coefficient (Wildman–Crippen LogP) is 0.695. The molecule has 6 nitrogen and oxygen atoms in total. The molecule has 2 heterocycles. The molecule has 22 heavy (non-hydrogen) atoms. The molecule has 2 saturated heterocycles. The zero-order valence-electron chi connectivity index (χ0n) is 13.7. The number of sulfonamides is 1. The highest BCUT2D eigenvalue weighted by molar-refractivity contribution is 7.89. The maximum atomic E-state index is 12.6. The molecule has 3 unspecified atom stereocenters. The molecular weight excluding hydrogens is 302 g/mol. The lowest BCUT2D eigenvalue weighted by Crippen LogP contribution is -2.54. The second-order valence-corrected chi connectivity index (χ2v) is 8.56. The minimum atomic E-state index is -3.31. The van der Waals surface area contributed by atoms with Crippen LogP contribution in [-0.2, 0) is 14.8 Å². The van der Waals surface area contributed by atoms with Crippen molar-refractivity contribution in [3.8, 4) is 0 Å². The van der Waals surface area contributed by atoms with Crippen LogP contribution in [0.5, 0.6) is 0 Å². The first-order valence-corrected chi connectivity index (χ1v) is 10.1. The minimum absolute atomic E-state index is 0.115. The fourth-order valence-electron chi connectivity index (χ4n) is 3.29. The molecular formula is C15H29N3O3S. The third-order valence-corrected chi connectivity index (χ3v) is 6.69. The summed E-state index contributed by atoms with van der Waals surface area (Å²) < 4.78 is 26.2. The number of carbonyl (C=O) groups is 1. The first-order valence-electron chi connectivity index (χ1n) is 8.46. The maximum Gasteiger partial charge on any atom is 0.238 e. The van der Waals surface area contributed by atoms with Crippen LogP contribution in [0.15, 0.2) is 0 Å². The van der Waals surface area contributed by atoms with Gasteiger partial charge >= 0.3 is 0 Å². The zero-order chi connectivity index (χ0) is 16.2. The predicted molar refractivity (Wildman–Crippen MR) is 87.0 cm³/mol. The fraction of sp³-hybridized carbons (Fsp3) is 0.933. The molecule has 2 N–H and O–H groups in total. The largest absolute Gasteiger partial charge is 0.352 e. The number of hydrogen-bond donors (Lipinski definition) is 2. The standard InChI is InChI=1S/C15H29N3O3S/c1-3-4-10-22(20,21)18-9-5-6-14(18)15(19)17-13-7-8-16-11-12(13)2/h12-14,16H,3-11H2,1-2H3,(H,17,19). The lowest BCUT2D eigenvalue weighted by Gasteiger charge is -2.32. The molecule has 0 aromatic carbocycles. The Hall–Kier alpha value is -0.660. The van der Waals surface area contributed by atoms with E-state index in [1.165, 1.54) is 4.31 Å². The summed E-state index contributed by atoms with van der Waals surface area (Å²) >= 11 is 0. The Bertz CT molecular complexity index is 480. The molecule has 0 saturated carbocycles. The molecule has 0 bridgehead atoms. The number of rotatable bonds is 6. The third kappa shape index (κ3) is 4.20. The molecule has 2 fully saturated rings. The number of carbonyl (C=O) groups excluding carboxylic acids is 1.